The molecule has 0 aliphatic heterocycles. The summed E-state index contributed by atoms with van der Waals surface area (Å²) in [5.74, 6) is -2.27. The van der Waals surface area contributed by atoms with Gasteiger partial charge in [0, 0.05) is 39.3 Å². The maximum absolute atomic E-state index is 13.2. The van der Waals surface area contributed by atoms with Gasteiger partial charge in [-0.1, -0.05) is 40.9 Å². The van der Waals surface area contributed by atoms with Gasteiger partial charge >= 0.3 is 5.97 Å². The van der Waals surface area contributed by atoms with Crippen LogP contribution in [-0.4, -0.2) is 35.6 Å². The Kier molecular flexibility index (Phi) is 9.04. The standard InChI is InChI=1S/C28H23Cl5N2O4/c1-14-7-19(34-13-24(37)39-2)4-3-15(14)10-23(36)21-12-20(5-6-22(21)31)35-27(38)26-25(28(26,32)33)16-8-17(29)11-18(30)9-16/h3-9,11-12,25-26,34H,10,13H2,1-2H3,(H,35,38). The normalized spacial score (nSPS) is 17.3. The minimum absolute atomic E-state index is 0.0331. The van der Waals surface area contributed by atoms with Crippen molar-refractivity contribution >= 4 is 87.0 Å². The first-order chi connectivity index (χ1) is 18.4. The lowest BCUT2D eigenvalue weighted by molar-refractivity contribution is -0.138. The summed E-state index contributed by atoms with van der Waals surface area (Å²) in [6, 6.07) is 15.0. The van der Waals surface area contributed by atoms with E-state index in [4.69, 9.17) is 58.0 Å². The fourth-order valence-electron chi connectivity index (χ4n) is 4.38. The molecule has 2 atom stereocenters. The lowest BCUT2D eigenvalue weighted by Crippen LogP contribution is -2.17. The largest absolute Gasteiger partial charge is 0.468 e. The highest BCUT2D eigenvalue weighted by molar-refractivity contribution is 6.53. The summed E-state index contributed by atoms with van der Waals surface area (Å²) >= 11 is 31.5. The Morgan fingerprint density at radius 2 is 1.59 bits per heavy atom. The number of benzene rings is 3. The van der Waals surface area contributed by atoms with Gasteiger partial charge in [-0.15, -0.1) is 23.2 Å². The Balaban J connectivity index is 1.45. The van der Waals surface area contributed by atoms with E-state index >= 15 is 0 Å². The van der Waals surface area contributed by atoms with Crippen molar-refractivity contribution in [3.05, 3.63) is 91.9 Å². The molecule has 3 aromatic rings. The van der Waals surface area contributed by atoms with E-state index in [9.17, 15) is 14.4 Å². The van der Waals surface area contributed by atoms with Crippen molar-refractivity contribution in [2.45, 2.75) is 23.6 Å². The van der Waals surface area contributed by atoms with Crippen molar-refractivity contribution in [3.8, 4) is 0 Å². The van der Waals surface area contributed by atoms with Crippen LogP contribution in [0.15, 0.2) is 54.6 Å². The lowest BCUT2D eigenvalue weighted by Gasteiger charge is -2.12. The van der Waals surface area contributed by atoms with Gasteiger partial charge in [-0.3, -0.25) is 14.4 Å². The molecular formula is C28H23Cl5N2O4. The van der Waals surface area contributed by atoms with Crippen LogP contribution in [0.4, 0.5) is 11.4 Å². The van der Waals surface area contributed by atoms with E-state index in [1.807, 2.05) is 19.1 Å². The molecule has 0 saturated heterocycles. The summed E-state index contributed by atoms with van der Waals surface area (Å²) in [5.41, 5.74) is 3.69. The van der Waals surface area contributed by atoms with Crippen LogP contribution in [0.25, 0.3) is 0 Å². The van der Waals surface area contributed by atoms with Crippen LogP contribution in [0.3, 0.4) is 0 Å². The first-order valence-electron chi connectivity index (χ1n) is 11.8. The number of carbonyl (C=O) groups is 3. The zero-order valence-electron chi connectivity index (χ0n) is 20.8. The molecule has 2 unspecified atom stereocenters. The first kappa shape index (κ1) is 29.5. The molecule has 204 valence electrons. The summed E-state index contributed by atoms with van der Waals surface area (Å²) in [4.78, 5) is 37.6. The van der Waals surface area contributed by atoms with E-state index in [-0.39, 0.29) is 35.3 Å². The number of aryl methyl sites for hydroxylation is 1. The highest BCUT2D eigenvalue weighted by Crippen LogP contribution is 2.65. The number of ketones is 1. The van der Waals surface area contributed by atoms with Gasteiger partial charge in [-0.2, -0.15) is 0 Å². The molecule has 6 nitrogen and oxygen atoms in total. The number of anilines is 2. The number of hydrogen-bond acceptors (Lipinski definition) is 5. The van der Waals surface area contributed by atoms with E-state index in [0.29, 0.717) is 21.3 Å². The smallest absolute Gasteiger partial charge is 0.325 e. The van der Waals surface area contributed by atoms with E-state index in [1.165, 1.54) is 13.2 Å². The molecule has 2 N–H and O–H groups in total. The van der Waals surface area contributed by atoms with Crippen molar-refractivity contribution in [1.82, 2.24) is 0 Å². The Labute approximate surface area is 250 Å². The van der Waals surface area contributed by atoms with E-state index in [2.05, 4.69) is 15.4 Å². The van der Waals surface area contributed by atoms with E-state index in [0.717, 1.165) is 16.8 Å². The topological polar surface area (TPSA) is 84.5 Å². The SMILES string of the molecule is COC(=O)CNc1ccc(CC(=O)c2cc(NC(=O)C3C(c4cc(Cl)cc(Cl)c4)C3(Cl)Cl)ccc2Cl)c(C)c1. The summed E-state index contributed by atoms with van der Waals surface area (Å²) < 4.78 is 3.29. The summed E-state index contributed by atoms with van der Waals surface area (Å²) in [7, 11) is 1.32. The number of Topliss-reactive ketones (excluding diaryl/α,β-unsaturated/α-hetero) is 1. The lowest BCUT2D eigenvalue weighted by atomic mass is 9.98. The molecule has 0 spiro atoms. The highest BCUT2D eigenvalue weighted by atomic mass is 35.5. The van der Waals surface area contributed by atoms with Crippen molar-refractivity contribution in [3.63, 3.8) is 0 Å². The number of hydrogen-bond donors (Lipinski definition) is 2. The Bertz CT molecular complexity index is 1440. The zero-order chi connectivity index (χ0) is 28.5. The Hall–Kier alpha value is -2.48. The molecule has 0 heterocycles. The van der Waals surface area contributed by atoms with Crippen LogP contribution < -0.4 is 10.6 Å². The molecule has 1 amide bonds. The Morgan fingerprint density at radius 3 is 2.23 bits per heavy atom. The van der Waals surface area contributed by atoms with Crippen molar-refractivity contribution in [2.24, 2.45) is 5.92 Å². The third-order valence-electron chi connectivity index (χ3n) is 6.47. The van der Waals surface area contributed by atoms with Gasteiger partial charge in [0.15, 0.2) is 5.78 Å². The second-order valence-corrected chi connectivity index (χ2v) is 11.9. The van der Waals surface area contributed by atoms with Gasteiger partial charge in [0.2, 0.25) is 5.91 Å². The molecule has 3 aromatic carbocycles. The monoisotopic (exact) mass is 626 g/mol. The number of halogens is 5. The number of carbonyl (C=O) groups excluding carboxylic acids is 3. The fourth-order valence-corrected chi connectivity index (χ4v) is 5.97. The maximum Gasteiger partial charge on any atom is 0.325 e. The third kappa shape index (κ3) is 6.82. The number of alkyl halides is 2. The van der Waals surface area contributed by atoms with Crippen molar-refractivity contribution in [1.29, 1.82) is 0 Å². The van der Waals surface area contributed by atoms with Crippen molar-refractivity contribution < 1.29 is 19.1 Å². The molecular weight excluding hydrogens is 606 g/mol. The van der Waals surface area contributed by atoms with Crippen molar-refractivity contribution in [2.75, 3.05) is 24.3 Å². The minimum atomic E-state index is -1.33. The van der Waals surface area contributed by atoms with Gasteiger partial charge in [-0.05, 0) is 72.1 Å². The van der Waals surface area contributed by atoms with Crippen LogP contribution in [0, 0.1) is 12.8 Å². The molecule has 0 aromatic heterocycles. The number of rotatable bonds is 9. The van der Waals surface area contributed by atoms with Gasteiger partial charge in [-0.25, -0.2) is 0 Å². The average Bonchev–Trinajstić information content (AvgIpc) is 3.46. The second kappa shape index (κ2) is 11.9. The zero-order valence-corrected chi connectivity index (χ0v) is 24.6. The third-order valence-corrected chi connectivity index (χ3v) is 8.18. The molecule has 4 rings (SSSR count). The van der Waals surface area contributed by atoms with Crippen LogP contribution in [0.5, 0.6) is 0 Å². The van der Waals surface area contributed by atoms with Gasteiger partial charge < -0.3 is 15.4 Å². The Morgan fingerprint density at radius 1 is 0.923 bits per heavy atom. The number of methoxy groups -OCH3 is 1. The molecule has 0 radical (unpaired) electrons. The van der Waals surface area contributed by atoms with Crippen LogP contribution in [0.2, 0.25) is 15.1 Å². The highest BCUT2D eigenvalue weighted by Gasteiger charge is 2.67. The quantitative estimate of drug-likeness (QED) is 0.146. The van der Waals surface area contributed by atoms with Crippen LogP contribution in [-0.2, 0) is 20.7 Å². The van der Waals surface area contributed by atoms with E-state index in [1.54, 1.807) is 36.4 Å². The predicted octanol–water partition coefficient (Wildman–Crippen LogP) is 7.49. The number of nitrogens with one attached hydrogen (secondary N) is 2. The number of esters is 1. The first-order valence-corrected chi connectivity index (χ1v) is 13.7. The summed E-state index contributed by atoms with van der Waals surface area (Å²) in [5, 5.41) is 6.84. The molecule has 39 heavy (non-hydrogen) atoms. The maximum atomic E-state index is 13.2. The van der Waals surface area contributed by atoms with Crippen LogP contribution in [0.1, 0.15) is 33.0 Å². The molecule has 1 fully saturated rings. The minimum Gasteiger partial charge on any atom is -0.468 e. The molecule has 1 aliphatic carbocycles. The van der Waals surface area contributed by atoms with E-state index < -0.39 is 22.1 Å². The van der Waals surface area contributed by atoms with Gasteiger partial charge in [0.1, 0.15) is 10.9 Å². The molecule has 11 heteroatoms. The average molecular weight is 629 g/mol. The number of amides is 1. The van der Waals surface area contributed by atoms with Gasteiger partial charge in [0.25, 0.3) is 0 Å². The fraction of sp³-hybridized carbons (Fsp3) is 0.250. The molecule has 0 bridgehead atoms. The molecule has 1 saturated carbocycles. The molecule has 1 aliphatic rings. The summed E-state index contributed by atoms with van der Waals surface area (Å²) in [6.07, 6.45) is 0.0902. The second-order valence-electron chi connectivity index (χ2n) is 9.19. The number of ether oxygens (including phenoxy) is 1. The van der Waals surface area contributed by atoms with Crippen LogP contribution >= 0.6 is 58.0 Å². The van der Waals surface area contributed by atoms with Gasteiger partial charge in [0.05, 0.1) is 18.1 Å². The summed E-state index contributed by atoms with van der Waals surface area (Å²) in [6.45, 7) is 1.90. The predicted molar refractivity (Wildman–Crippen MR) is 157 cm³/mol.